The van der Waals surface area contributed by atoms with Crippen LogP contribution in [0.5, 0.6) is 0 Å². The van der Waals surface area contributed by atoms with Gasteiger partial charge in [0, 0.05) is 25.0 Å². The first kappa shape index (κ1) is 18.9. The maximum Gasteiger partial charge on any atom is 0.456 e. The molecular formula is C17H23BN5O2P. The van der Waals surface area contributed by atoms with Gasteiger partial charge in [-0.25, -0.2) is 4.68 Å². The molecule has 0 bridgehead atoms. The molecule has 1 saturated heterocycles. The van der Waals surface area contributed by atoms with E-state index in [1.54, 1.807) is 16.8 Å². The molecule has 0 radical (unpaired) electrons. The molecule has 2 aromatic rings. The van der Waals surface area contributed by atoms with Crippen LogP contribution in [0.15, 0.2) is 24.3 Å². The highest BCUT2D eigenvalue weighted by Crippen LogP contribution is 2.32. The summed E-state index contributed by atoms with van der Waals surface area (Å²) in [6.07, 6.45) is 3.38. The highest BCUT2D eigenvalue weighted by molar-refractivity contribution is 7.13. The van der Waals surface area contributed by atoms with Gasteiger partial charge in [-0.2, -0.15) is 10.4 Å². The maximum absolute atomic E-state index is 9.59. The Balaban J connectivity index is 1.94. The van der Waals surface area contributed by atoms with Gasteiger partial charge < -0.3 is 15.8 Å². The monoisotopic (exact) mass is 371 g/mol. The van der Waals surface area contributed by atoms with E-state index in [9.17, 15) is 5.26 Å². The Kier molecular flexibility index (Phi) is 5.95. The molecule has 0 saturated carbocycles. The predicted octanol–water partition coefficient (Wildman–Crippen LogP) is 1.38. The Labute approximate surface area is 155 Å². The van der Waals surface area contributed by atoms with Crippen LogP contribution in [-0.2, 0) is 6.32 Å². The minimum Gasteiger partial charge on any atom is -0.427 e. The van der Waals surface area contributed by atoms with Crippen LogP contribution in [0.25, 0.3) is 11.3 Å². The normalized spacial score (nSPS) is 18.3. The van der Waals surface area contributed by atoms with Crippen molar-refractivity contribution in [3.63, 3.8) is 0 Å². The second-order valence-electron chi connectivity index (χ2n) is 6.69. The van der Waals surface area contributed by atoms with Crippen molar-refractivity contribution in [3.8, 4) is 17.3 Å². The molecule has 2 heterocycles. The molecule has 26 heavy (non-hydrogen) atoms. The molecule has 1 aromatic heterocycles. The Morgan fingerprint density at radius 3 is 2.69 bits per heavy atom. The summed E-state index contributed by atoms with van der Waals surface area (Å²) in [7, 11) is 1.37. The fraction of sp³-hybridized carbons (Fsp3) is 0.412. The molecule has 1 aliphatic heterocycles. The lowest BCUT2D eigenvalue weighted by Crippen LogP contribution is -2.23. The molecule has 9 heteroatoms. The molecule has 7 nitrogen and oxygen atoms in total. The summed E-state index contributed by atoms with van der Waals surface area (Å²) in [6.45, 7) is 1.85. The van der Waals surface area contributed by atoms with Crippen LogP contribution < -0.4 is 5.73 Å². The standard InChI is InChI=1S/C17H23BN5O2P/c19-10-15-16(13-6-4-12(5-7-13)9-18(24)25)21-23(17(15)20)14-3-1-2-8-22(26)11-14/h4-7,14,24-25H,1-3,8-9,11,20,26H2. The SMILES string of the molecule is N#Cc1c(-c2ccc(CB(O)O)cc2)nn(C2CCCCN(P)C2)c1N. The molecule has 0 aliphatic carbocycles. The number of nitrogen functional groups attached to an aromatic ring is 1. The third kappa shape index (κ3) is 4.08. The second kappa shape index (κ2) is 8.19. The maximum atomic E-state index is 9.59. The van der Waals surface area contributed by atoms with Gasteiger partial charge in [0.05, 0.1) is 6.04 Å². The molecule has 3 rings (SSSR count). The van der Waals surface area contributed by atoms with Crippen LogP contribution in [0.2, 0.25) is 0 Å². The van der Waals surface area contributed by atoms with Gasteiger partial charge in [-0.3, -0.25) is 4.67 Å². The highest BCUT2D eigenvalue weighted by Gasteiger charge is 2.24. The van der Waals surface area contributed by atoms with E-state index in [0.717, 1.165) is 43.5 Å². The van der Waals surface area contributed by atoms with Gasteiger partial charge in [0.2, 0.25) is 0 Å². The summed E-state index contributed by atoms with van der Waals surface area (Å²) in [5.41, 5.74) is 8.81. The van der Waals surface area contributed by atoms with E-state index < -0.39 is 7.12 Å². The molecule has 1 aromatic carbocycles. The van der Waals surface area contributed by atoms with Crippen LogP contribution >= 0.6 is 9.39 Å². The summed E-state index contributed by atoms with van der Waals surface area (Å²) in [6, 6.07) is 9.61. The minimum atomic E-state index is -1.38. The van der Waals surface area contributed by atoms with Crippen molar-refractivity contribution in [3.05, 3.63) is 35.4 Å². The first-order valence-electron chi connectivity index (χ1n) is 8.72. The lowest BCUT2D eigenvalue weighted by molar-refractivity contribution is 0.368. The van der Waals surface area contributed by atoms with Crippen molar-refractivity contribution in [1.82, 2.24) is 14.5 Å². The zero-order chi connectivity index (χ0) is 18.7. The Morgan fingerprint density at radius 2 is 2.04 bits per heavy atom. The predicted molar refractivity (Wildman–Crippen MR) is 105 cm³/mol. The first-order valence-corrected chi connectivity index (χ1v) is 9.24. The topological polar surface area (TPSA) is 111 Å². The smallest absolute Gasteiger partial charge is 0.427 e. The van der Waals surface area contributed by atoms with Crippen LogP contribution in [0.3, 0.4) is 0 Å². The minimum absolute atomic E-state index is 0.139. The number of rotatable bonds is 4. The number of nitrogens with two attached hydrogens (primary N) is 1. The number of nitrogens with zero attached hydrogens (tertiary/aromatic N) is 4. The van der Waals surface area contributed by atoms with Crippen molar-refractivity contribution in [2.45, 2.75) is 31.6 Å². The average Bonchev–Trinajstić information content (AvgIpc) is 2.78. The molecule has 1 aliphatic rings. The zero-order valence-corrected chi connectivity index (χ0v) is 15.7. The number of anilines is 1. The zero-order valence-electron chi connectivity index (χ0n) is 14.5. The molecule has 2 atom stereocenters. The Bertz CT molecular complexity index is 803. The van der Waals surface area contributed by atoms with Gasteiger partial charge in [-0.1, -0.05) is 33.7 Å². The average molecular weight is 371 g/mol. The van der Waals surface area contributed by atoms with E-state index in [1.807, 2.05) is 12.1 Å². The quantitative estimate of drug-likeness (QED) is 0.553. The van der Waals surface area contributed by atoms with E-state index in [-0.39, 0.29) is 12.4 Å². The summed E-state index contributed by atoms with van der Waals surface area (Å²) in [5, 5.41) is 32.4. The molecule has 0 amide bonds. The van der Waals surface area contributed by atoms with Crippen molar-refractivity contribution >= 4 is 22.3 Å². The number of nitriles is 1. The third-order valence-corrected chi connectivity index (χ3v) is 5.20. The fourth-order valence-electron chi connectivity index (χ4n) is 3.40. The van der Waals surface area contributed by atoms with Crippen LogP contribution in [0.4, 0.5) is 5.82 Å². The van der Waals surface area contributed by atoms with E-state index >= 15 is 0 Å². The summed E-state index contributed by atoms with van der Waals surface area (Å²) in [5.74, 6) is 0.405. The van der Waals surface area contributed by atoms with Gasteiger partial charge in [0.1, 0.15) is 23.1 Å². The van der Waals surface area contributed by atoms with Gasteiger partial charge in [-0.05, 0) is 24.8 Å². The van der Waals surface area contributed by atoms with Gasteiger partial charge in [0.25, 0.3) is 0 Å². The summed E-state index contributed by atoms with van der Waals surface area (Å²) >= 11 is 0. The number of hydrogen-bond acceptors (Lipinski definition) is 6. The summed E-state index contributed by atoms with van der Waals surface area (Å²) in [4.78, 5) is 0. The van der Waals surface area contributed by atoms with Gasteiger partial charge in [-0.15, -0.1) is 0 Å². The first-order chi connectivity index (χ1) is 12.5. The highest BCUT2D eigenvalue weighted by atomic mass is 31.0. The summed E-state index contributed by atoms with van der Waals surface area (Å²) < 4.78 is 3.99. The number of benzene rings is 1. The lowest BCUT2D eigenvalue weighted by atomic mass is 9.82. The fourth-order valence-corrected chi connectivity index (χ4v) is 3.82. The number of aromatic nitrogens is 2. The Hall–Kier alpha value is -1.91. The van der Waals surface area contributed by atoms with Gasteiger partial charge >= 0.3 is 7.12 Å². The van der Waals surface area contributed by atoms with E-state index in [2.05, 4.69) is 25.2 Å². The van der Waals surface area contributed by atoms with E-state index in [4.69, 9.17) is 15.8 Å². The van der Waals surface area contributed by atoms with Crippen molar-refractivity contribution in [2.75, 3.05) is 18.8 Å². The van der Waals surface area contributed by atoms with Crippen molar-refractivity contribution < 1.29 is 10.0 Å². The molecule has 0 spiro atoms. The Morgan fingerprint density at radius 1 is 1.31 bits per heavy atom. The van der Waals surface area contributed by atoms with Crippen LogP contribution in [0, 0.1) is 11.3 Å². The lowest BCUT2D eigenvalue weighted by Gasteiger charge is -2.21. The van der Waals surface area contributed by atoms with Crippen molar-refractivity contribution in [2.24, 2.45) is 0 Å². The van der Waals surface area contributed by atoms with E-state index in [1.165, 1.54) is 0 Å². The molecular weight excluding hydrogens is 348 g/mol. The molecule has 4 N–H and O–H groups in total. The second-order valence-corrected chi connectivity index (χ2v) is 7.42. The van der Waals surface area contributed by atoms with E-state index in [0.29, 0.717) is 17.1 Å². The molecule has 2 unspecified atom stereocenters. The van der Waals surface area contributed by atoms with Crippen molar-refractivity contribution in [1.29, 1.82) is 5.26 Å². The van der Waals surface area contributed by atoms with Gasteiger partial charge in [0.15, 0.2) is 0 Å². The third-order valence-electron chi connectivity index (χ3n) is 4.73. The molecule has 136 valence electrons. The van der Waals surface area contributed by atoms with Crippen LogP contribution in [-0.4, -0.2) is 44.7 Å². The number of hydrogen-bond donors (Lipinski definition) is 3. The largest absolute Gasteiger partial charge is 0.456 e. The van der Waals surface area contributed by atoms with Crippen LogP contribution in [0.1, 0.15) is 36.4 Å². The molecule has 1 fully saturated rings.